The van der Waals surface area contributed by atoms with E-state index in [-0.39, 0.29) is 13.1 Å². The van der Waals surface area contributed by atoms with Crippen LogP contribution in [0.2, 0.25) is 0 Å². The number of carboxylic acids is 1. The van der Waals surface area contributed by atoms with Crippen molar-refractivity contribution in [1.29, 1.82) is 0 Å². The van der Waals surface area contributed by atoms with Gasteiger partial charge in [0.15, 0.2) is 0 Å². The molecule has 0 aliphatic carbocycles. The lowest BCUT2D eigenvalue weighted by Crippen LogP contribution is -2.49. The zero-order chi connectivity index (χ0) is 13.6. The van der Waals surface area contributed by atoms with Gasteiger partial charge in [0.1, 0.15) is 6.10 Å². The van der Waals surface area contributed by atoms with Gasteiger partial charge < -0.3 is 20.2 Å². The van der Waals surface area contributed by atoms with Crippen molar-refractivity contribution < 1.29 is 20.1 Å². The smallest absolute Gasteiger partial charge is 0.340 e. The summed E-state index contributed by atoms with van der Waals surface area (Å²) in [6.07, 6.45) is 0.277. The Morgan fingerprint density at radius 1 is 1.58 bits per heavy atom. The van der Waals surface area contributed by atoms with E-state index >= 15 is 0 Å². The van der Waals surface area contributed by atoms with Crippen LogP contribution < -0.4 is 4.90 Å². The molecule has 2 aromatic rings. The molecule has 0 spiro atoms. The summed E-state index contributed by atoms with van der Waals surface area (Å²) in [6, 6.07) is 1.83. The minimum Gasteiger partial charge on any atom is -0.479 e. The summed E-state index contributed by atoms with van der Waals surface area (Å²) in [7, 11) is 0. The van der Waals surface area contributed by atoms with Crippen LogP contribution in [0.5, 0.6) is 0 Å². The normalized spacial score (nSPS) is 27.1. The highest BCUT2D eigenvalue weighted by Gasteiger charge is 2.51. The average molecular weight is 281 g/mol. The van der Waals surface area contributed by atoms with Crippen LogP contribution in [-0.4, -0.2) is 56.1 Å². The number of hydrogen-bond donors (Lipinski definition) is 3. The molecule has 1 aliphatic heterocycles. The number of fused-ring (bicyclic) bond motifs is 1. The van der Waals surface area contributed by atoms with Crippen molar-refractivity contribution >= 4 is 33.5 Å². The first kappa shape index (κ1) is 12.3. The van der Waals surface area contributed by atoms with Crippen molar-refractivity contribution in [2.24, 2.45) is 0 Å². The Bertz CT molecular complexity index is 646. The van der Waals surface area contributed by atoms with Gasteiger partial charge in [0.25, 0.3) is 0 Å². The summed E-state index contributed by atoms with van der Waals surface area (Å²) >= 11 is 1.51. The third-order valence-electron chi connectivity index (χ3n) is 3.22. The van der Waals surface area contributed by atoms with Crippen LogP contribution in [0.4, 0.5) is 5.95 Å². The molecule has 2 aromatic heterocycles. The molecule has 3 heterocycles. The van der Waals surface area contributed by atoms with Crippen LogP contribution in [-0.2, 0) is 4.79 Å². The number of nitrogens with zero attached hydrogens (tertiary/aromatic N) is 3. The van der Waals surface area contributed by atoms with Crippen LogP contribution in [0.1, 0.15) is 0 Å². The van der Waals surface area contributed by atoms with Gasteiger partial charge in [0.2, 0.25) is 11.5 Å². The van der Waals surface area contributed by atoms with Crippen molar-refractivity contribution in [3.05, 3.63) is 17.6 Å². The van der Waals surface area contributed by atoms with Gasteiger partial charge in [0, 0.05) is 0 Å². The number of carbonyl (C=O) groups is 1. The summed E-state index contributed by atoms with van der Waals surface area (Å²) in [6.45, 7) is -0.252. The van der Waals surface area contributed by atoms with Gasteiger partial charge in [-0.05, 0) is 11.4 Å². The number of aliphatic hydroxyl groups excluding tert-OH is 1. The first-order valence-electron chi connectivity index (χ1n) is 5.60. The van der Waals surface area contributed by atoms with Gasteiger partial charge in [0.05, 0.1) is 29.5 Å². The zero-order valence-corrected chi connectivity index (χ0v) is 10.5. The summed E-state index contributed by atoms with van der Waals surface area (Å²) in [5.41, 5.74) is -1.41. The number of β-amino-alcohol motifs (C(OH)–C–C–N with tert-alkyl or cyclic N) is 2. The minimum absolute atomic E-state index is 0.0154. The second kappa shape index (κ2) is 4.12. The van der Waals surface area contributed by atoms with Crippen LogP contribution >= 0.6 is 11.3 Å². The fourth-order valence-electron chi connectivity index (χ4n) is 2.09. The van der Waals surface area contributed by atoms with Gasteiger partial charge in [-0.2, -0.15) is 0 Å². The van der Waals surface area contributed by atoms with Crippen molar-refractivity contribution in [3.63, 3.8) is 0 Å². The predicted octanol–water partition coefficient (Wildman–Crippen LogP) is -0.312. The average Bonchev–Trinajstić information content (AvgIpc) is 2.94. The molecule has 19 heavy (non-hydrogen) atoms. The number of rotatable bonds is 2. The molecule has 0 radical (unpaired) electrons. The van der Waals surface area contributed by atoms with Crippen LogP contribution in [0.25, 0.3) is 10.2 Å². The fraction of sp³-hybridized carbons (Fsp3) is 0.364. The predicted molar refractivity (Wildman–Crippen MR) is 68.2 cm³/mol. The lowest BCUT2D eigenvalue weighted by Gasteiger charge is -2.20. The highest BCUT2D eigenvalue weighted by Crippen LogP contribution is 2.27. The zero-order valence-electron chi connectivity index (χ0n) is 9.72. The fourth-order valence-corrected chi connectivity index (χ4v) is 2.78. The number of anilines is 1. The van der Waals surface area contributed by atoms with Gasteiger partial charge in [-0.25, -0.2) is 14.8 Å². The maximum Gasteiger partial charge on any atom is 0.340 e. The Hall–Kier alpha value is -1.77. The van der Waals surface area contributed by atoms with E-state index in [1.54, 1.807) is 6.20 Å². The van der Waals surface area contributed by atoms with Crippen LogP contribution in [0.3, 0.4) is 0 Å². The molecule has 8 heteroatoms. The number of aromatic nitrogens is 2. The first-order valence-corrected chi connectivity index (χ1v) is 6.48. The summed E-state index contributed by atoms with van der Waals surface area (Å²) in [5.74, 6) is -1.14. The van der Waals surface area contributed by atoms with Gasteiger partial charge >= 0.3 is 5.97 Å². The van der Waals surface area contributed by atoms with E-state index in [9.17, 15) is 15.0 Å². The van der Waals surface area contributed by atoms with Crippen LogP contribution in [0, 0.1) is 0 Å². The Balaban J connectivity index is 1.93. The van der Waals surface area contributed by atoms with E-state index in [0.717, 1.165) is 10.2 Å². The molecule has 0 bridgehead atoms. The van der Waals surface area contributed by atoms with E-state index in [4.69, 9.17) is 5.11 Å². The first-order chi connectivity index (χ1) is 9.00. The molecule has 1 fully saturated rings. The van der Waals surface area contributed by atoms with Gasteiger partial charge in [-0.3, -0.25) is 0 Å². The quantitative estimate of drug-likeness (QED) is 0.693. The number of thiophene rings is 1. The highest BCUT2D eigenvalue weighted by molar-refractivity contribution is 7.17. The topological polar surface area (TPSA) is 107 Å². The molecular formula is C11H11N3O4S. The molecule has 2 atom stereocenters. The van der Waals surface area contributed by atoms with E-state index in [1.165, 1.54) is 16.2 Å². The Kier molecular flexibility index (Phi) is 2.66. The lowest BCUT2D eigenvalue weighted by atomic mass is 10.0. The second-order valence-corrected chi connectivity index (χ2v) is 5.41. The molecule has 1 aliphatic rings. The number of hydrogen-bond acceptors (Lipinski definition) is 7. The third-order valence-corrected chi connectivity index (χ3v) is 4.06. The molecule has 100 valence electrons. The summed E-state index contributed by atoms with van der Waals surface area (Å²) in [5, 5.41) is 30.4. The van der Waals surface area contributed by atoms with Crippen molar-refractivity contribution in [2.75, 3.05) is 18.0 Å². The van der Waals surface area contributed by atoms with Crippen molar-refractivity contribution in [1.82, 2.24) is 9.97 Å². The summed E-state index contributed by atoms with van der Waals surface area (Å²) in [4.78, 5) is 20.9. The van der Waals surface area contributed by atoms with E-state index in [1.807, 2.05) is 11.4 Å². The molecule has 1 saturated heterocycles. The maximum absolute atomic E-state index is 11.0. The molecule has 0 amide bonds. The van der Waals surface area contributed by atoms with Crippen LogP contribution in [0.15, 0.2) is 17.6 Å². The van der Waals surface area contributed by atoms with Crippen molar-refractivity contribution in [2.45, 2.75) is 11.7 Å². The number of aliphatic carboxylic acids is 1. The molecule has 0 unspecified atom stereocenters. The Morgan fingerprint density at radius 3 is 3.05 bits per heavy atom. The molecule has 0 saturated carbocycles. The molecule has 0 aromatic carbocycles. The Labute approximate surface area is 111 Å². The highest BCUT2D eigenvalue weighted by atomic mass is 32.1. The molecule has 3 N–H and O–H groups in total. The SMILES string of the molecule is O=C(O)[C@]1(O)CN(c2ncc3sccc3n2)C[C@H]1O. The number of carboxylic acid groups (broad SMARTS) is 1. The minimum atomic E-state index is -2.17. The van der Waals surface area contributed by atoms with Gasteiger partial charge in [-0.15, -0.1) is 11.3 Å². The third kappa shape index (κ3) is 1.84. The molecule has 7 nitrogen and oxygen atoms in total. The Morgan fingerprint density at radius 2 is 2.37 bits per heavy atom. The van der Waals surface area contributed by atoms with Crippen molar-refractivity contribution in [3.8, 4) is 0 Å². The van der Waals surface area contributed by atoms with Gasteiger partial charge in [-0.1, -0.05) is 0 Å². The standard InChI is InChI=1S/C11H11N3O4S/c15-8-4-14(5-11(8,18)9(16)17)10-12-3-7-6(13-10)1-2-19-7/h1-3,8,15,18H,4-5H2,(H,16,17)/t8-,11+/m1/s1. The monoisotopic (exact) mass is 281 g/mol. The second-order valence-electron chi connectivity index (χ2n) is 4.47. The molecule has 3 rings (SSSR count). The summed E-state index contributed by atoms with van der Waals surface area (Å²) < 4.78 is 0.928. The van der Waals surface area contributed by atoms with E-state index < -0.39 is 17.7 Å². The molecular weight excluding hydrogens is 270 g/mol. The lowest BCUT2D eigenvalue weighted by molar-refractivity contribution is -0.164. The largest absolute Gasteiger partial charge is 0.479 e. The van der Waals surface area contributed by atoms with E-state index in [0.29, 0.717) is 5.95 Å². The maximum atomic E-state index is 11.0. The number of aliphatic hydroxyl groups is 2. The van der Waals surface area contributed by atoms with E-state index in [2.05, 4.69) is 9.97 Å².